The maximum Gasteiger partial charge on any atom is 0.0323 e. The Morgan fingerprint density at radius 3 is 1.25 bits per heavy atom. The summed E-state index contributed by atoms with van der Waals surface area (Å²) in [5, 5.41) is 0. The molecule has 0 nitrogen and oxygen atoms in total. The van der Waals surface area contributed by atoms with Crippen LogP contribution < -0.4 is 0 Å². The maximum absolute atomic E-state index is 4.25. The molecule has 88 valence electrons. The Balaban J connectivity index is 1.76. The van der Waals surface area contributed by atoms with Gasteiger partial charge in [-0.1, -0.05) is 31.9 Å². The van der Waals surface area contributed by atoms with Crippen LogP contribution >= 0.6 is 31.9 Å². The van der Waals surface area contributed by atoms with Gasteiger partial charge in [0.1, 0.15) is 0 Å². The van der Waals surface area contributed by atoms with Crippen molar-refractivity contribution in [3.63, 3.8) is 0 Å². The van der Waals surface area contributed by atoms with Crippen LogP contribution in [0.5, 0.6) is 0 Å². The predicted octanol–water partition coefficient (Wildman–Crippen LogP) is 4.36. The summed E-state index contributed by atoms with van der Waals surface area (Å²) in [7, 11) is 0. The topological polar surface area (TPSA) is 0 Å². The average Bonchev–Trinajstić information content (AvgIpc) is 2.24. The van der Waals surface area contributed by atoms with E-state index in [1.165, 1.54) is 12.8 Å². The highest BCUT2D eigenvalue weighted by molar-refractivity contribution is 9.10. The molecule has 0 amide bonds. The lowest BCUT2D eigenvalue weighted by atomic mass is 9.35. The van der Waals surface area contributed by atoms with Crippen molar-refractivity contribution in [1.29, 1.82) is 0 Å². The molecule has 0 spiro atoms. The Bertz CT molecular complexity index is 317. The second kappa shape index (κ2) is 2.61. The third kappa shape index (κ3) is 0.839. The Morgan fingerprint density at radius 1 is 0.625 bits per heavy atom. The molecule has 7 aliphatic rings. The minimum Gasteiger partial charge on any atom is -0.0847 e. The van der Waals surface area contributed by atoms with Crippen molar-refractivity contribution >= 4 is 31.9 Å². The third-order valence-electron chi connectivity index (χ3n) is 6.99. The zero-order valence-corrected chi connectivity index (χ0v) is 12.6. The molecule has 7 saturated carbocycles. The molecule has 0 saturated heterocycles. The molecule has 7 rings (SSSR count). The van der Waals surface area contributed by atoms with Crippen molar-refractivity contribution in [1.82, 2.24) is 0 Å². The van der Waals surface area contributed by atoms with Gasteiger partial charge < -0.3 is 0 Å². The Kier molecular flexibility index (Phi) is 1.61. The molecular formula is C14H18Br2. The van der Waals surface area contributed by atoms with Gasteiger partial charge in [-0.15, -0.1) is 0 Å². The van der Waals surface area contributed by atoms with Gasteiger partial charge in [0.15, 0.2) is 0 Å². The molecule has 7 fully saturated rings. The highest BCUT2D eigenvalue weighted by Crippen LogP contribution is 2.78. The number of hydrogen-bond acceptors (Lipinski definition) is 0. The van der Waals surface area contributed by atoms with Crippen molar-refractivity contribution < 1.29 is 0 Å². The first-order chi connectivity index (χ1) is 7.61. The van der Waals surface area contributed by atoms with E-state index < -0.39 is 0 Å². The summed E-state index contributed by atoms with van der Waals surface area (Å²) in [4.78, 5) is 0. The summed E-state index contributed by atoms with van der Waals surface area (Å²) in [6, 6.07) is 0. The monoisotopic (exact) mass is 344 g/mol. The molecule has 2 heteroatoms. The lowest BCUT2D eigenvalue weighted by molar-refractivity contribution is -0.165. The first kappa shape index (κ1) is 9.83. The molecule has 16 heavy (non-hydrogen) atoms. The molecule has 0 N–H and O–H groups in total. The normalized spacial score (nSPS) is 73.9. The van der Waals surface area contributed by atoms with Crippen molar-refractivity contribution in [2.45, 2.75) is 47.2 Å². The maximum atomic E-state index is 4.25. The van der Waals surface area contributed by atoms with Crippen LogP contribution in [-0.4, -0.2) is 8.65 Å². The standard InChI is InChI=1S/C14H18Br2/c15-13-6-8-3-10-9(13)1-7-2-11(13)12(4-8)14(10,16)5-7/h7-12H,1-6H2. The predicted molar refractivity (Wildman–Crippen MR) is 72.0 cm³/mol. The highest BCUT2D eigenvalue weighted by Gasteiger charge is 2.73. The number of rotatable bonds is 0. The van der Waals surface area contributed by atoms with Crippen LogP contribution in [0.25, 0.3) is 0 Å². The van der Waals surface area contributed by atoms with Gasteiger partial charge in [-0.25, -0.2) is 0 Å². The van der Waals surface area contributed by atoms with E-state index >= 15 is 0 Å². The fourth-order valence-corrected chi connectivity index (χ4v) is 9.72. The first-order valence-electron chi connectivity index (χ1n) is 6.99. The van der Waals surface area contributed by atoms with E-state index in [-0.39, 0.29) is 0 Å². The van der Waals surface area contributed by atoms with Crippen molar-refractivity contribution in [3.05, 3.63) is 0 Å². The van der Waals surface area contributed by atoms with Crippen LogP contribution in [0.2, 0.25) is 0 Å². The summed E-state index contributed by atoms with van der Waals surface area (Å²) in [5.74, 6) is 6.16. The smallest absolute Gasteiger partial charge is 0.0323 e. The molecule has 0 aliphatic heterocycles. The van der Waals surface area contributed by atoms with Crippen molar-refractivity contribution in [3.8, 4) is 0 Å². The van der Waals surface area contributed by atoms with Crippen LogP contribution in [0.1, 0.15) is 38.5 Å². The Labute approximate surface area is 114 Å². The minimum absolute atomic E-state index is 0.581. The van der Waals surface area contributed by atoms with Gasteiger partial charge in [-0.05, 0) is 74.0 Å². The summed E-state index contributed by atoms with van der Waals surface area (Å²) >= 11 is 8.50. The van der Waals surface area contributed by atoms with E-state index in [4.69, 9.17) is 0 Å². The molecule has 0 aromatic carbocycles. The van der Waals surface area contributed by atoms with Crippen LogP contribution in [0.3, 0.4) is 0 Å². The second-order valence-corrected chi connectivity index (χ2v) is 10.3. The van der Waals surface area contributed by atoms with Gasteiger partial charge in [-0.2, -0.15) is 0 Å². The van der Waals surface area contributed by atoms with Gasteiger partial charge in [0.25, 0.3) is 0 Å². The lowest BCUT2D eigenvalue weighted by Crippen LogP contribution is -2.74. The van der Waals surface area contributed by atoms with E-state index in [0.29, 0.717) is 8.65 Å². The summed E-state index contributed by atoms with van der Waals surface area (Å²) in [6.45, 7) is 0. The number of hydrogen-bond donors (Lipinski definition) is 0. The molecule has 4 unspecified atom stereocenters. The average molecular weight is 346 g/mol. The summed E-state index contributed by atoms with van der Waals surface area (Å²) < 4.78 is 1.16. The van der Waals surface area contributed by atoms with Crippen molar-refractivity contribution in [2.75, 3.05) is 0 Å². The van der Waals surface area contributed by atoms with E-state index in [2.05, 4.69) is 31.9 Å². The SMILES string of the molecule is BrC12CC3CC4C1CC1CC2C(C3)C4(Br)C1. The van der Waals surface area contributed by atoms with Crippen LogP contribution in [-0.2, 0) is 0 Å². The van der Waals surface area contributed by atoms with Gasteiger partial charge in [0, 0.05) is 8.65 Å². The molecule has 0 radical (unpaired) electrons. The quantitative estimate of drug-likeness (QED) is 0.572. The third-order valence-corrected chi connectivity index (χ3v) is 9.99. The molecule has 7 aliphatic carbocycles. The zero-order chi connectivity index (χ0) is 10.7. The fraction of sp³-hybridized carbons (Fsp3) is 1.00. The molecule has 4 atom stereocenters. The molecule has 0 heterocycles. The molecular weight excluding hydrogens is 328 g/mol. The fourth-order valence-electron chi connectivity index (χ4n) is 6.78. The second-order valence-electron chi connectivity index (χ2n) is 7.36. The molecule has 0 aromatic rings. The van der Waals surface area contributed by atoms with Gasteiger partial charge in [0.05, 0.1) is 0 Å². The van der Waals surface area contributed by atoms with E-state index in [1.54, 1.807) is 25.7 Å². The Hall–Kier alpha value is 0.960. The number of alkyl halides is 2. The van der Waals surface area contributed by atoms with Gasteiger partial charge in [-0.3, -0.25) is 0 Å². The summed E-state index contributed by atoms with van der Waals surface area (Å²) in [5.41, 5.74) is 0. The molecule has 8 bridgehead atoms. The first-order valence-corrected chi connectivity index (χ1v) is 8.57. The van der Waals surface area contributed by atoms with Crippen LogP contribution in [0.4, 0.5) is 0 Å². The van der Waals surface area contributed by atoms with E-state index in [0.717, 1.165) is 35.5 Å². The Morgan fingerprint density at radius 2 is 0.938 bits per heavy atom. The zero-order valence-electron chi connectivity index (χ0n) is 9.46. The van der Waals surface area contributed by atoms with E-state index in [9.17, 15) is 0 Å². The number of halogens is 2. The molecule has 0 aromatic heterocycles. The lowest BCUT2D eigenvalue weighted by Gasteiger charge is -2.75. The van der Waals surface area contributed by atoms with Gasteiger partial charge >= 0.3 is 0 Å². The minimum atomic E-state index is 0.581. The highest BCUT2D eigenvalue weighted by atomic mass is 79.9. The largest absolute Gasteiger partial charge is 0.0847 e. The summed E-state index contributed by atoms with van der Waals surface area (Å²) in [6.07, 6.45) is 9.17. The van der Waals surface area contributed by atoms with Gasteiger partial charge in [0.2, 0.25) is 0 Å². The van der Waals surface area contributed by atoms with Crippen LogP contribution in [0, 0.1) is 35.5 Å². The van der Waals surface area contributed by atoms with Crippen molar-refractivity contribution in [2.24, 2.45) is 35.5 Å². The van der Waals surface area contributed by atoms with Crippen LogP contribution in [0.15, 0.2) is 0 Å². The van der Waals surface area contributed by atoms with E-state index in [1.807, 2.05) is 0 Å².